The summed E-state index contributed by atoms with van der Waals surface area (Å²) in [5, 5.41) is 0. The molecule has 0 spiro atoms. The Kier molecular flexibility index (Phi) is 7.17. The predicted molar refractivity (Wildman–Crippen MR) is 112 cm³/mol. The Morgan fingerprint density at radius 2 is 1.82 bits per heavy atom. The number of piperidine rings is 1. The van der Waals surface area contributed by atoms with Crippen LogP contribution in [0.4, 0.5) is 0 Å². The minimum atomic E-state index is -0.365. The third-order valence-corrected chi connectivity index (χ3v) is 6.22. The molecule has 146 valence electrons. The molecular formula is C21H20BrNO4S. The SMILES string of the molecule is O=C(COC(=O)C1CCN(C(=O)/C=C/c2ccccc2)CC1)c1ccc(Br)s1. The number of Topliss-reactive ketones (excluding diaryl/α,β-unsaturated/α-hetero) is 1. The lowest BCUT2D eigenvalue weighted by atomic mass is 9.97. The van der Waals surface area contributed by atoms with E-state index in [9.17, 15) is 14.4 Å². The van der Waals surface area contributed by atoms with Crippen LogP contribution in [-0.4, -0.2) is 42.3 Å². The van der Waals surface area contributed by atoms with Crippen molar-refractivity contribution in [2.24, 2.45) is 5.92 Å². The van der Waals surface area contributed by atoms with Crippen LogP contribution in [-0.2, 0) is 14.3 Å². The maximum atomic E-state index is 12.3. The van der Waals surface area contributed by atoms with Gasteiger partial charge in [0.15, 0.2) is 6.61 Å². The first-order valence-electron chi connectivity index (χ1n) is 9.00. The molecule has 7 heteroatoms. The van der Waals surface area contributed by atoms with Gasteiger partial charge in [0.2, 0.25) is 11.7 Å². The highest BCUT2D eigenvalue weighted by atomic mass is 79.9. The van der Waals surface area contributed by atoms with Crippen molar-refractivity contribution < 1.29 is 19.1 Å². The molecule has 3 rings (SSSR count). The summed E-state index contributed by atoms with van der Waals surface area (Å²) in [6.45, 7) is 0.762. The number of esters is 1. The molecule has 0 N–H and O–H groups in total. The van der Waals surface area contributed by atoms with E-state index in [-0.39, 0.29) is 30.2 Å². The number of carbonyl (C=O) groups excluding carboxylic acids is 3. The number of thiophene rings is 1. The van der Waals surface area contributed by atoms with Gasteiger partial charge in [0.25, 0.3) is 0 Å². The van der Waals surface area contributed by atoms with Crippen LogP contribution >= 0.6 is 27.3 Å². The molecule has 0 unspecified atom stereocenters. The van der Waals surface area contributed by atoms with Gasteiger partial charge in [-0.15, -0.1) is 11.3 Å². The lowest BCUT2D eigenvalue weighted by molar-refractivity contribution is -0.150. The zero-order chi connectivity index (χ0) is 19.9. The first-order chi connectivity index (χ1) is 13.5. The van der Waals surface area contributed by atoms with Gasteiger partial charge in [0, 0.05) is 19.2 Å². The second kappa shape index (κ2) is 9.80. The van der Waals surface area contributed by atoms with Crippen molar-refractivity contribution in [2.45, 2.75) is 12.8 Å². The Labute approximate surface area is 176 Å². The Morgan fingerprint density at radius 1 is 1.11 bits per heavy atom. The lowest BCUT2D eigenvalue weighted by Gasteiger charge is -2.30. The first kappa shape index (κ1) is 20.5. The number of rotatable bonds is 6. The first-order valence-corrected chi connectivity index (χ1v) is 10.6. The number of halogens is 1. The lowest BCUT2D eigenvalue weighted by Crippen LogP contribution is -2.40. The minimum absolute atomic E-state index is 0.0610. The Bertz CT molecular complexity index is 870. The van der Waals surface area contributed by atoms with E-state index in [0.717, 1.165) is 9.35 Å². The molecule has 1 fully saturated rings. The summed E-state index contributed by atoms with van der Waals surface area (Å²) in [5.74, 6) is -0.905. The van der Waals surface area contributed by atoms with E-state index < -0.39 is 0 Å². The molecule has 1 amide bonds. The normalized spacial score (nSPS) is 15.0. The summed E-state index contributed by atoms with van der Waals surface area (Å²) in [7, 11) is 0. The topological polar surface area (TPSA) is 63.7 Å². The zero-order valence-corrected chi connectivity index (χ0v) is 17.6. The van der Waals surface area contributed by atoms with Gasteiger partial charge >= 0.3 is 5.97 Å². The summed E-state index contributed by atoms with van der Waals surface area (Å²) in [4.78, 5) is 38.8. The third-order valence-electron chi connectivity index (χ3n) is 4.55. The zero-order valence-electron chi connectivity index (χ0n) is 15.2. The van der Waals surface area contributed by atoms with Gasteiger partial charge in [-0.3, -0.25) is 14.4 Å². The fraction of sp³-hybridized carbons (Fsp3) is 0.286. The van der Waals surface area contributed by atoms with E-state index in [1.165, 1.54) is 11.3 Å². The van der Waals surface area contributed by atoms with Gasteiger partial charge in [-0.2, -0.15) is 0 Å². The van der Waals surface area contributed by atoms with E-state index in [1.807, 2.05) is 30.3 Å². The minimum Gasteiger partial charge on any atom is -0.457 e. The van der Waals surface area contributed by atoms with Crippen LogP contribution in [0.2, 0.25) is 0 Å². The average Bonchev–Trinajstić information content (AvgIpc) is 3.17. The number of likely N-dealkylation sites (tertiary alicyclic amines) is 1. The standard InChI is InChI=1S/C21H20BrNO4S/c22-19-8-7-18(28-19)17(24)14-27-21(26)16-10-12-23(13-11-16)20(25)9-6-15-4-2-1-3-5-15/h1-9,16H,10-14H2/b9-6+. The quantitative estimate of drug-likeness (QED) is 0.367. The molecule has 1 saturated heterocycles. The molecule has 0 atom stereocenters. The third kappa shape index (κ3) is 5.62. The Hall–Kier alpha value is -2.25. The molecule has 2 heterocycles. The molecule has 0 saturated carbocycles. The number of nitrogens with zero attached hydrogens (tertiary/aromatic N) is 1. The monoisotopic (exact) mass is 461 g/mol. The van der Waals surface area contributed by atoms with Crippen molar-refractivity contribution in [3.63, 3.8) is 0 Å². The van der Waals surface area contributed by atoms with Gasteiger partial charge in [-0.25, -0.2) is 0 Å². The van der Waals surface area contributed by atoms with E-state index >= 15 is 0 Å². The van der Waals surface area contributed by atoms with E-state index in [1.54, 1.807) is 29.2 Å². The van der Waals surface area contributed by atoms with E-state index in [2.05, 4.69) is 15.9 Å². The summed E-state index contributed by atoms with van der Waals surface area (Å²) in [5.41, 5.74) is 0.969. The Balaban J connectivity index is 1.43. The van der Waals surface area contributed by atoms with Gasteiger partial charge in [0.05, 0.1) is 14.6 Å². The van der Waals surface area contributed by atoms with Crippen LogP contribution in [0.1, 0.15) is 28.1 Å². The maximum Gasteiger partial charge on any atom is 0.309 e. The van der Waals surface area contributed by atoms with Crippen molar-refractivity contribution in [2.75, 3.05) is 19.7 Å². The number of amides is 1. The smallest absolute Gasteiger partial charge is 0.309 e. The number of hydrogen-bond donors (Lipinski definition) is 0. The van der Waals surface area contributed by atoms with E-state index in [0.29, 0.717) is 30.8 Å². The highest BCUT2D eigenvalue weighted by Crippen LogP contribution is 2.23. The number of ketones is 1. The molecule has 1 aliphatic rings. The van der Waals surface area contributed by atoms with Crippen molar-refractivity contribution in [3.05, 3.63) is 62.8 Å². The highest BCUT2D eigenvalue weighted by Gasteiger charge is 2.28. The van der Waals surface area contributed by atoms with Crippen LogP contribution in [0.5, 0.6) is 0 Å². The molecule has 0 aliphatic carbocycles. The second-order valence-electron chi connectivity index (χ2n) is 6.48. The molecule has 0 bridgehead atoms. The van der Waals surface area contributed by atoms with Crippen LogP contribution in [0.25, 0.3) is 6.08 Å². The van der Waals surface area contributed by atoms with Crippen molar-refractivity contribution in [3.8, 4) is 0 Å². The fourth-order valence-electron chi connectivity index (χ4n) is 2.96. The molecule has 5 nitrogen and oxygen atoms in total. The number of carbonyl (C=O) groups is 3. The highest BCUT2D eigenvalue weighted by molar-refractivity contribution is 9.11. The molecule has 1 aliphatic heterocycles. The van der Waals surface area contributed by atoms with Gasteiger partial charge in [0.1, 0.15) is 0 Å². The second-order valence-corrected chi connectivity index (χ2v) is 8.94. The summed E-state index contributed by atoms with van der Waals surface area (Å²) in [6, 6.07) is 13.1. The summed E-state index contributed by atoms with van der Waals surface area (Å²) >= 11 is 4.62. The van der Waals surface area contributed by atoms with Crippen LogP contribution in [0, 0.1) is 5.92 Å². The Morgan fingerprint density at radius 3 is 2.46 bits per heavy atom. The average molecular weight is 462 g/mol. The summed E-state index contributed by atoms with van der Waals surface area (Å²) in [6.07, 6.45) is 4.44. The molecule has 1 aromatic carbocycles. The number of benzene rings is 1. The fourth-order valence-corrected chi connectivity index (χ4v) is 4.27. The van der Waals surface area contributed by atoms with E-state index in [4.69, 9.17) is 4.74 Å². The molecule has 2 aromatic rings. The van der Waals surface area contributed by atoms with Crippen LogP contribution in [0.15, 0.2) is 52.3 Å². The molecule has 0 radical (unpaired) electrons. The number of hydrogen-bond acceptors (Lipinski definition) is 5. The van der Waals surface area contributed by atoms with Crippen molar-refractivity contribution in [1.29, 1.82) is 0 Å². The van der Waals surface area contributed by atoms with Crippen molar-refractivity contribution in [1.82, 2.24) is 4.90 Å². The van der Waals surface area contributed by atoms with Crippen LogP contribution < -0.4 is 0 Å². The summed E-state index contributed by atoms with van der Waals surface area (Å²) < 4.78 is 6.06. The molecular weight excluding hydrogens is 442 g/mol. The molecule has 28 heavy (non-hydrogen) atoms. The van der Waals surface area contributed by atoms with Gasteiger partial charge < -0.3 is 9.64 Å². The number of ether oxygens (including phenoxy) is 1. The largest absolute Gasteiger partial charge is 0.457 e. The molecule has 1 aromatic heterocycles. The maximum absolute atomic E-state index is 12.3. The van der Waals surface area contributed by atoms with Gasteiger partial charge in [-0.1, -0.05) is 30.3 Å². The predicted octanol–water partition coefficient (Wildman–Crippen LogP) is 4.19. The van der Waals surface area contributed by atoms with Crippen molar-refractivity contribution >= 4 is 51.0 Å². The van der Waals surface area contributed by atoms with Gasteiger partial charge in [-0.05, 0) is 52.5 Å². The van der Waals surface area contributed by atoms with Crippen LogP contribution in [0.3, 0.4) is 0 Å².